The van der Waals surface area contributed by atoms with Crippen molar-refractivity contribution in [3.63, 3.8) is 0 Å². The molecule has 0 saturated heterocycles. The van der Waals surface area contributed by atoms with Gasteiger partial charge in [0.25, 0.3) is 0 Å². The van der Waals surface area contributed by atoms with E-state index in [0.29, 0.717) is 0 Å². The van der Waals surface area contributed by atoms with E-state index >= 15 is 0 Å². The predicted molar refractivity (Wildman–Crippen MR) is 101 cm³/mol. The average molecular weight is 308 g/mol. The van der Waals surface area contributed by atoms with E-state index in [1.54, 1.807) is 0 Å². The Balaban J connectivity index is 2.46. The third-order valence-electron chi connectivity index (χ3n) is 4.24. The van der Waals surface area contributed by atoms with Gasteiger partial charge >= 0.3 is 0 Å². The monoisotopic (exact) mass is 308 g/mol. The second-order valence-corrected chi connectivity index (χ2v) is 6.71. The van der Waals surface area contributed by atoms with Crippen molar-refractivity contribution in [2.24, 2.45) is 0 Å². The lowest BCUT2D eigenvalue weighted by molar-refractivity contribution is -0.401. The molecule has 0 unspecified atom stereocenters. The number of hydrogen-bond acceptors (Lipinski definition) is 0. The van der Waals surface area contributed by atoms with Crippen LogP contribution >= 0.6 is 0 Å². The molecule has 0 radical (unpaired) electrons. The van der Waals surface area contributed by atoms with Crippen molar-refractivity contribution in [3.05, 3.63) is 57.6 Å². The Hall–Kier alpha value is -2.09. The third-order valence-corrected chi connectivity index (χ3v) is 4.24. The highest BCUT2D eigenvalue weighted by Gasteiger charge is 2.09. The second-order valence-electron chi connectivity index (χ2n) is 6.71. The molecule has 2 aromatic carbocycles. The lowest BCUT2D eigenvalue weighted by Crippen LogP contribution is -2.23. The van der Waals surface area contributed by atoms with Gasteiger partial charge in [0.05, 0.1) is 14.1 Å². The summed E-state index contributed by atoms with van der Waals surface area (Å²) < 4.78 is 2.10. The summed E-state index contributed by atoms with van der Waals surface area (Å²) in [5.74, 6) is 0. The fraction of sp³-hybridized carbons (Fsp3) is 0.381. The van der Waals surface area contributed by atoms with Crippen molar-refractivity contribution in [2.45, 2.75) is 41.5 Å². The van der Waals surface area contributed by atoms with E-state index in [2.05, 4.69) is 95.7 Å². The molecule has 2 heteroatoms. The van der Waals surface area contributed by atoms with Gasteiger partial charge in [-0.15, -0.1) is 0 Å². The Bertz CT molecular complexity index is 723. The molecule has 2 aromatic rings. The highest BCUT2D eigenvalue weighted by Crippen LogP contribution is 2.26. The molecule has 2 nitrogen and oxygen atoms in total. The first kappa shape index (κ1) is 17.3. The highest BCUT2D eigenvalue weighted by molar-refractivity contribution is 5.80. The zero-order valence-electron chi connectivity index (χ0n) is 15.7. The molecule has 23 heavy (non-hydrogen) atoms. The number of anilines is 1. The van der Waals surface area contributed by atoms with E-state index in [1.165, 1.54) is 44.8 Å². The molecule has 0 heterocycles. The topological polar surface area (TPSA) is 6.25 Å². The largest absolute Gasteiger partial charge is 0.340 e. The van der Waals surface area contributed by atoms with Crippen LogP contribution in [0.3, 0.4) is 0 Å². The van der Waals surface area contributed by atoms with E-state index in [4.69, 9.17) is 0 Å². The number of benzene rings is 2. The summed E-state index contributed by atoms with van der Waals surface area (Å²) in [5, 5.41) is 0. The molecule has 0 bridgehead atoms. The van der Waals surface area contributed by atoms with Crippen LogP contribution in [0.2, 0.25) is 0 Å². The van der Waals surface area contributed by atoms with Crippen molar-refractivity contribution in [3.8, 4) is 0 Å². The SMILES string of the molecule is Cc1cc(C)c(N(C)[C-]=[N+](C)c2c(C)cc(C)cc2C)c(C)c1. The van der Waals surface area contributed by atoms with Gasteiger partial charge in [0.2, 0.25) is 6.34 Å². The molecule has 0 aliphatic carbocycles. The van der Waals surface area contributed by atoms with Gasteiger partial charge in [-0.05, 0) is 41.5 Å². The van der Waals surface area contributed by atoms with E-state index in [0.717, 1.165) is 0 Å². The van der Waals surface area contributed by atoms with Gasteiger partial charge in [-0.3, -0.25) is 0 Å². The fourth-order valence-corrected chi connectivity index (χ4v) is 3.73. The summed E-state index contributed by atoms with van der Waals surface area (Å²) in [4.78, 5) is 2.10. The van der Waals surface area contributed by atoms with Crippen molar-refractivity contribution in [1.29, 1.82) is 0 Å². The minimum absolute atomic E-state index is 1.23. The molecule has 0 aliphatic rings. The quantitative estimate of drug-likeness (QED) is 0.258. The number of rotatable bonds is 3. The standard InChI is InChI=1S/C21H28N2/c1-14-9-16(3)20(17(4)10-14)22(7)13-23(8)21-18(5)11-15(2)12-19(21)6/h9-12H,1-8H3. The maximum atomic E-state index is 3.48. The third kappa shape index (κ3) is 3.64. The van der Waals surface area contributed by atoms with Gasteiger partial charge in [0.1, 0.15) is 0 Å². The van der Waals surface area contributed by atoms with Crippen molar-refractivity contribution < 1.29 is 4.58 Å². The molecule has 0 aliphatic heterocycles. The summed E-state index contributed by atoms with van der Waals surface area (Å²) in [6.07, 6.45) is 3.48. The Labute approximate surface area is 141 Å². The van der Waals surface area contributed by atoms with Crippen LogP contribution in [0.5, 0.6) is 0 Å². The Morgan fingerprint density at radius 1 is 0.739 bits per heavy atom. The van der Waals surface area contributed by atoms with Crippen LogP contribution in [0.1, 0.15) is 33.4 Å². The molecule has 0 saturated carbocycles. The molecule has 0 spiro atoms. The summed E-state index contributed by atoms with van der Waals surface area (Å²) in [6, 6.07) is 8.90. The molecular weight excluding hydrogens is 280 g/mol. The second kappa shape index (κ2) is 6.57. The first-order valence-corrected chi connectivity index (χ1v) is 8.10. The minimum atomic E-state index is 1.23. The van der Waals surface area contributed by atoms with Crippen molar-refractivity contribution >= 4 is 17.7 Å². The minimum Gasteiger partial charge on any atom is -0.340 e. The Kier molecular flexibility index (Phi) is 4.93. The predicted octanol–water partition coefficient (Wildman–Crippen LogP) is 4.85. The lowest BCUT2D eigenvalue weighted by Gasteiger charge is -2.23. The Morgan fingerprint density at radius 2 is 1.13 bits per heavy atom. The summed E-state index contributed by atoms with van der Waals surface area (Å²) >= 11 is 0. The zero-order chi connectivity index (χ0) is 17.3. The van der Waals surface area contributed by atoms with Gasteiger partial charge in [-0.25, -0.2) is 0 Å². The summed E-state index contributed by atoms with van der Waals surface area (Å²) in [6.45, 7) is 12.9. The summed E-state index contributed by atoms with van der Waals surface area (Å²) in [7, 11) is 4.14. The molecule has 0 N–H and O–H groups in total. The van der Waals surface area contributed by atoms with E-state index < -0.39 is 0 Å². The molecular formula is C21H28N2. The maximum absolute atomic E-state index is 3.48. The van der Waals surface area contributed by atoms with Crippen LogP contribution in [0.4, 0.5) is 11.4 Å². The molecule has 0 amide bonds. The van der Waals surface area contributed by atoms with Gasteiger partial charge in [0, 0.05) is 11.4 Å². The van der Waals surface area contributed by atoms with Gasteiger partial charge in [0.15, 0.2) is 0 Å². The van der Waals surface area contributed by atoms with Crippen molar-refractivity contribution in [1.82, 2.24) is 0 Å². The molecule has 0 aromatic heterocycles. The van der Waals surface area contributed by atoms with Crippen LogP contribution in [0.15, 0.2) is 24.3 Å². The smallest absolute Gasteiger partial charge is 0.205 e. The first-order valence-electron chi connectivity index (χ1n) is 8.10. The van der Waals surface area contributed by atoms with Crippen LogP contribution in [0.25, 0.3) is 0 Å². The Morgan fingerprint density at radius 3 is 1.57 bits per heavy atom. The molecule has 0 atom stereocenters. The van der Waals surface area contributed by atoms with E-state index in [9.17, 15) is 0 Å². The first-order chi connectivity index (χ1) is 10.7. The number of hydrogen-bond donors (Lipinski definition) is 0. The van der Waals surface area contributed by atoms with Gasteiger partial charge < -0.3 is 9.48 Å². The summed E-state index contributed by atoms with van der Waals surface area (Å²) in [5.41, 5.74) is 10.2. The van der Waals surface area contributed by atoms with Crippen LogP contribution in [-0.2, 0) is 0 Å². The van der Waals surface area contributed by atoms with Crippen molar-refractivity contribution in [2.75, 3.05) is 19.0 Å². The maximum Gasteiger partial charge on any atom is 0.205 e. The van der Waals surface area contributed by atoms with Crippen LogP contribution < -0.4 is 4.90 Å². The van der Waals surface area contributed by atoms with Gasteiger partial charge in [-0.1, -0.05) is 57.6 Å². The normalized spacial score (nSPS) is 11.7. The lowest BCUT2D eigenvalue weighted by atomic mass is 10.0. The number of aryl methyl sites for hydroxylation is 6. The average Bonchev–Trinajstić information content (AvgIpc) is 2.35. The van der Waals surface area contributed by atoms with E-state index in [-0.39, 0.29) is 0 Å². The number of nitrogens with zero attached hydrogens (tertiary/aromatic N) is 2. The fourth-order valence-electron chi connectivity index (χ4n) is 3.73. The molecule has 0 fully saturated rings. The highest BCUT2D eigenvalue weighted by atomic mass is 15.2. The molecule has 2 rings (SSSR count). The zero-order valence-corrected chi connectivity index (χ0v) is 15.7. The van der Waals surface area contributed by atoms with Gasteiger partial charge in [-0.2, -0.15) is 0 Å². The molecule has 122 valence electrons. The van der Waals surface area contributed by atoms with E-state index in [1.807, 2.05) is 0 Å². The van der Waals surface area contributed by atoms with Crippen LogP contribution in [0, 0.1) is 41.5 Å². The van der Waals surface area contributed by atoms with Crippen LogP contribution in [-0.4, -0.2) is 25.0 Å².